The molecule has 6 N–H and O–H groups in total. The highest BCUT2D eigenvalue weighted by Crippen LogP contribution is 2.29. The molecule has 4 rings (SSSR count). The maximum Gasteiger partial charge on any atom is 0.335 e. The van der Waals surface area contributed by atoms with Crippen molar-refractivity contribution in [3.8, 4) is 0 Å². The number of likely N-dealkylation sites (tertiary alicyclic amines) is 2. The summed E-state index contributed by atoms with van der Waals surface area (Å²) in [7, 11) is 3.69. The Morgan fingerprint density at radius 1 is 0.750 bits per heavy atom. The third kappa shape index (κ3) is 6.10. The lowest BCUT2D eigenvalue weighted by atomic mass is 10.0. The normalized spacial score (nSPS) is 15.2. The molecule has 2 amide bonds. The van der Waals surface area contributed by atoms with Crippen LogP contribution >= 0.6 is 0 Å². The summed E-state index contributed by atoms with van der Waals surface area (Å²) in [6.07, 6.45) is 3.62. The summed E-state index contributed by atoms with van der Waals surface area (Å²) in [5, 5.41) is 18.7. The van der Waals surface area contributed by atoms with Crippen LogP contribution in [0.15, 0.2) is 24.3 Å². The van der Waals surface area contributed by atoms with Gasteiger partial charge in [-0.15, -0.1) is 0 Å². The number of nitrogen functional groups attached to an aromatic ring is 2. The monoisotopic (exact) mass is 444 g/mol. The second kappa shape index (κ2) is 10.5. The lowest BCUT2D eigenvalue weighted by Crippen LogP contribution is -2.17. The van der Waals surface area contributed by atoms with Gasteiger partial charge in [-0.25, -0.2) is 9.59 Å². The number of nitrogens with zero attached hydrogens (tertiary/aromatic N) is 2. The number of fused-ring (bicyclic) bond motifs is 1. The predicted octanol–water partition coefficient (Wildman–Crippen LogP) is 1.88. The number of anilines is 2. The zero-order chi connectivity index (χ0) is 24.0. The van der Waals surface area contributed by atoms with Crippen LogP contribution in [0, 0.1) is 0 Å². The van der Waals surface area contributed by atoms with Crippen molar-refractivity contribution >= 4 is 45.9 Å². The number of rotatable bonds is 2. The highest BCUT2D eigenvalue weighted by atomic mass is 16.4. The predicted molar refractivity (Wildman–Crippen MR) is 120 cm³/mol. The number of amides is 2. The summed E-state index contributed by atoms with van der Waals surface area (Å²) in [5.74, 6) is -1.66. The Labute approximate surface area is 185 Å². The molecule has 0 radical (unpaired) electrons. The first kappa shape index (κ1) is 24.4. The number of carboxylic acids is 2. The van der Waals surface area contributed by atoms with Gasteiger partial charge in [0.05, 0.1) is 11.1 Å². The molecule has 0 unspecified atom stereocenters. The van der Waals surface area contributed by atoms with Crippen LogP contribution in [0.2, 0.25) is 0 Å². The molecule has 0 aliphatic carbocycles. The van der Waals surface area contributed by atoms with Gasteiger partial charge < -0.3 is 31.5 Å². The number of carboxylic acid groups (broad SMARTS) is 2. The van der Waals surface area contributed by atoms with Crippen molar-refractivity contribution in [2.45, 2.75) is 25.7 Å². The molecule has 0 atom stereocenters. The van der Waals surface area contributed by atoms with Crippen molar-refractivity contribution in [3.63, 3.8) is 0 Å². The van der Waals surface area contributed by atoms with Crippen LogP contribution in [-0.2, 0) is 9.59 Å². The van der Waals surface area contributed by atoms with Gasteiger partial charge in [-0.1, -0.05) is 0 Å². The summed E-state index contributed by atoms with van der Waals surface area (Å²) >= 11 is 0. The van der Waals surface area contributed by atoms with Gasteiger partial charge in [0.25, 0.3) is 0 Å². The minimum absolute atomic E-state index is 0.00905. The lowest BCUT2D eigenvalue weighted by molar-refractivity contribution is -0.127. The summed E-state index contributed by atoms with van der Waals surface area (Å²) in [4.78, 5) is 46.3. The minimum atomic E-state index is -1.12. The first-order valence-corrected chi connectivity index (χ1v) is 10.1. The third-order valence-electron chi connectivity index (χ3n) is 5.25. The molecule has 10 heteroatoms. The van der Waals surface area contributed by atoms with Crippen molar-refractivity contribution < 1.29 is 29.4 Å². The topological polar surface area (TPSA) is 167 Å². The molecule has 2 aromatic carbocycles. The fourth-order valence-corrected chi connectivity index (χ4v) is 3.33. The van der Waals surface area contributed by atoms with Gasteiger partial charge >= 0.3 is 11.9 Å². The van der Waals surface area contributed by atoms with Crippen molar-refractivity contribution in [2.24, 2.45) is 0 Å². The number of nitrogens with two attached hydrogens (primary N) is 2. The molecule has 2 aliphatic rings. The molecule has 0 aromatic heterocycles. The number of hydrogen-bond donors (Lipinski definition) is 4. The molecule has 2 aliphatic heterocycles. The molecule has 0 bridgehead atoms. The van der Waals surface area contributed by atoms with Crippen LogP contribution in [0.25, 0.3) is 10.8 Å². The zero-order valence-electron chi connectivity index (χ0n) is 18.1. The second-order valence-electron chi connectivity index (χ2n) is 7.67. The van der Waals surface area contributed by atoms with Crippen LogP contribution < -0.4 is 11.5 Å². The molecular weight excluding hydrogens is 416 g/mol. The number of carbonyl (C=O) groups excluding carboxylic acids is 2. The van der Waals surface area contributed by atoms with Crippen molar-refractivity contribution in [2.75, 3.05) is 38.7 Å². The SMILES string of the molecule is CN1CCCC1=O.CN1CCCC1=O.Nc1cc(C(=O)O)cc2c(N)cc(C(=O)O)cc12. The van der Waals surface area contributed by atoms with Gasteiger partial charge in [-0.2, -0.15) is 0 Å². The molecular formula is C22H28N4O6. The van der Waals surface area contributed by atoms with Gasteiger partial charge in [0.2, 0.25) is 11.8 Å². The number of carbonyl (C=O) groups is 4. The molecule has 10 nitrogen and oxygen atoms in total. The van der Waals surface area contributed by atoms with Crippen molar-refractivity contribution in [1.29, 1.82) is 0 Å². The van der Waals surface area contributed by atoms with Gasteiger partial charge in [0.15, 0.2) is 0 Å². The number of benzene rings is 2. The van der Waals surface area contributed by atoms with E-state index in [4.69, 9.17) is 21.7 Å². The molecule has 2 aromatic rings. The molecule has 2 fully saturated rings. The Bertz CT molecular complexity index is 969. The van der Waals surface area contributed by atoms with E-state index in [9.17, 15) is 19.2 Å². The molecule has 0 saturated carbocycles. The average Bonchev–Trinajstić information content (AvgIpc) is 3.29. The summed E-state index contributed by atoms with van der Waals surface area (Å²) in [5.41, 5.74) is 11.8. The van der Waals surface area contributed by atoms with Crippen LogP contribution in [0.4, 0.5) is 11.4 Å². The van der Waals surface area contributed by atoms with E-state index in [1.165, 1.54) is 24.3 Å². The van der Waals surface area contributed by atoms with E-state index in [0.29, 0.717) is 22.6 Å². The molecule has 0 spiro atoms. The Morgan fingerprint density at radius 2 is 1.09 bits per heavy atom. The standard InChI is InChI=1S/C12H10N2O4.2C5H9NO/c13-9-4-6(12(17)18)2-8-7(9)1-5(11(15)16)3-10(8)14;2*1-6-4-2-3-5(6)7/h1-4H,13-14H2,(H,15,16)(H,17,18);2*2-4H2,1H3. The number of hydrogen-bond acceptors (Lipinski definition) is 6. The average molecular weight is 444 g/mol. The fourth-order valence-electron chi connectivity index (χ4n) is 3.33. The summed E-state index contributed by atoms with van der Waals surface area (Å²) in [6.45, 7) is 1.91. The highest BCUT2D eigenvalue weighted by molar-refractivity contribution is 6.08. The first-order chi connectivity index (χ1) is 15.0. The Morgan fingerprint density at radius 3 is 1.28 bits per heavy atom. The minimum Gasteiger partial charge on any atom is -0.478 e. The van der Waals surface area contributed by atoms with Crippen molar-refractivity contribution in [1.82, 2.24) is 9.80 Å². The van der Waals surface area contributed by atoms with Crippen LogP contribution in [0.3, 0.4) is 0 Å². The largest absolute Gasteiger partial charge is 0.478 e. The molecule has 172 valence electrons. The lowest BCUT2D eigenvalue weighted by Gasteiger charge is -2.08. The van der Waals surface area contributed by atoms with E-state index in [1.54, 1.807) is 9.80 Å². The Balaban J connectivity index is 0.000000211. The van der Waals surface area contributed by atoms with E-state index >= 15 is 0 Å². The van der Waals surface area contributed by atoms with E-state index < -0.39 is 11.9 Å². The summed E-state index contributed by atoms with van der Waals surface area (Å²) in [6, 6.07) is 5.29. The van der Waals surface area contributed by atoms with Crippen LogP contribution in [0.5, 0.6) is 0 Å². The first-order valence-electron chi connectivity index (χ1n) is 10.1. The number of aromatic carboxylic acids is 2. The fraction of sp³-hybridized carbons (Fsp3) is 0.364. The second-order valence-corrected chi connectivity index (χ2v) is 7.67. The Kier molecular flexibility index (Phi) is 8.00. The van der Waals surface area contributed by atoms with Gasteiger partial charge in [0.1, 0.15) is 0 Å². The van der Waals surface area contributed by atoms with E-state index in [1.807, 2.05) is 14.1 Å². The van der Waals surface area contributed by atoms with Crippen LogP contribution in [-0.4, -0.2) is 71.0 Å². The van der Waals surface area contributed by atoms with Gasteiger partial charge in [-0.3, -0.25) is 9.59 Å². The smallest absolute Gasteiger partial charge is 0.335 e. The van der Waals surface area contributed by atoms with Crippen molar-refractivity contribution in [3.05, 3.63) is 35.4 Å². The van der Waals surface area contributed by atoms with E-state index in [2.05, 4.69) is 0 Å². The third-order valence-corrected chi connectivity index (χ3v) is 5.25. The van der Waals surface area contributed by atoms with E-state index in [0.717, 1.165) is 38.8 Å². The molecule has 2 heterocycles. The maximum atomic E-state index is 10.9. The quantitative estimate of drug-likeness (QED) is 0.509. The van der Waals surface area contributed by atoms with Gasteiger partial charge in [0, 0.05) is 62.2 Å². The highest BCUT2D eigenvalue weighted by Gasteiger charge is 2.15. The van der Waals surface area contributed by atoms with Gasteiger partial charge in [-0.05, 0) is 37.1 Å². The summed E-state index contributed by atoms with van der Waals surface area (Å²) < 4.78 is 0. The maximum absolute atomic E-state index is 10.9. The molecule has 32 heavy (non-hydrogen) atoms. The molecule has 2 saturated heterocycles. The Hall–Kier alpha value is -3.82. The van der Waals surface area contributed by atoms with Crippen LogP contribution in [0.1, 0.15) is 46.4 Å². The zero-order valence-corrected chi connectivity index (χ0v) is 18.1. The van der Waals surface area contributed by atoms with E-state index in [-0.39, 0.29) is 22.5 Å².